The Morgan fingerprint density at radius 1 is 1.22 bits per heavy atom. The van der Waals surface area contributed by atoms with Crippen LogP contribution in [0.4, 0.5) is 0 Å². The van der Waals surface area contributed by atoms with E-state index in [0.717, 1.165) is 12.1 Å². The summed E-state index contributed by atoms with van der Waals surface area (Å²) in [6.07, 6.45) is 1.85. The largest absolute Gasteiger partial charge is 0.329 e. The summed E-state index contributed by atoms with van der Waals surface area (Å²) < 4.78 is 0. The molecule has 0 fully saturated rings. The first-order valence-electron chi connectivity index (χ1n) is 6.28. The zero-order chi connectivity index (χ0) is 13.2. The molecule has 0 spiro atoms. The number of hydrogen-bond acceptors (Lipinski definition) is 3. The van der Waals surface area contributed by atoms with Gasteiger partial charge in [-0.15, -0.1) is 0 Å². The summed E-state index contributed by atoms with van der Waals surface area (Å²) in [7, 11) is 2.11. The molecule has 0 aliphatic carbocycles. The van der Waals surface area contributed by atoms with E-state index in [4.69, 9.17) is 5.73 Å². The second-order valence-corrected chi connectivity index (χ2v) is 5.36. The van der Waals surface area contributed by atoms with Gasteiger partial charge in [0.05, 0.1) is 5.52 Å². The van der Waals surface area contributed by atoms with E-state index in [-0.39, 0.29) is 5.54 Å². The molecule has 0 bridgehead atoms. The number of nitrogens with zero attached hydrogens (tertiary/aromatic N) is 2. The third-order valence-electron chi connectivity index (χ3n) is 3.66. The molecular weight excluding hydrogens is 222 g/mol. The lowest BCUT2D eigenvalue weighted by molar-refractivity contribution is 0.156. The van der Waals surface area contributed by atoms with Crippen molar-refractivity contribution in [3.8, 4) is 0 Å². The Kier molecular flexibility index (Phi) is 3.64. The molecule has 1 heterocycles. The lowest BCUT2D eigenvalue weighted by Crippen LogP contribution is -2.46. The van der Waals surface area contributed by atoms with Crippen LogP contribution in [0.1, 0.15) is 19.4 Å². The fourth-order valence-corrected chi connectivity index (χ4v) is 1.92. The lowest BCUT2D eigenvalue weighted by Gasteiger charge is -2.34. The van der Waals surface area contributed by atoms with Crippen LogP contribution in [0.5, 0.6) is 0 Å². The van der Waals surface area contributed by atoms with Gasteiger partial charge >= 0.3 is 0 Å². The normalized spacial score (nSPS) is 12.3. The van der Waals surface area contributed by atoms with Crippen molar-refractivity contribution in [2.75, 3.05) is 13.6 Å². The average Bonchev–Trinajstić information content (AvgIpc) is 2.39. The Labute approximate surface area is 109 Å². The van der Waals surface area contributed by atoms with Crippen molar-refractivity contribution in [1.82, 2.24) is 9.88 Å². The highest BCUT2D eigenvalue weighted by Crippen LogP contribution is 2.20. The first-order valence-corrected chi connectivity index (χ1v) is 6.28. The highest BCUT2D eigenvalue weighted by molar-refractivity contribution is 5.81. The lowest BCUT2D eigenvalue weighted by atomic mass is 10.0. The summed E-state index contributed by atoms with van der Waals surface area (Å²) in [6.45, 7) is 5.82. The number of benzene rings is 1. The van der Waals surface area contributed by atoms with Crippen molar-refractivity contribution in [2.24, 2.45) is 5.73 Å². The molecule has 0 atom stereocenters. The van der Waals surface area contributed by atoms with Gasteiger partial charge in [-0.1, -0.05) is 24.3 Å². The van der Waals surface area contributed by atoms with Crippen LogP contribution in [0.3, 0.4) is 0 Å². The number of hydrogen-bond donors (Lipinski definition) is 1. The quantitative estimate of drug-likeness (QED) is 0.896. The van der Waals surface area contributed by atoms with Gasteiger partial charge in [-0.2, -0.15) is 0 Å². The molecule has 1 aromatic heterocycles. The van der Waals surface area contributed by atoms with E-state index in [1.165, 1.54) is 10.9 Å². The monoisotopic (exact) mass is 243 g/mol. The van der Waals surface area contributed by atoms with Gasteiger partial charge < -0.3 is 5.73 Å². The summed E-state index contributed by atoms with van der Waals surface area (Å²) in [5.41, 5.74) is 8.14. The second-order valence-electron chi connectivity index (χ2n) is 5.36. The van der Waals surface area contributed by atoms with Gasteiger partial charge in [-0.25, -0.2) is 0 Å². The first kappa shape index (κ1) is 13.0. The van der Waals surface area contributed by atoms with Crippen LogP contribution < -0.4 is 5.73 Å². The van der Waals surface area contributed by atoms with Crippen LogP contribution >= 0.6 is 0 Å². The number of likely N-dealkylation sites (N-methyl/N-ethyl adjacent to an activating group) is 1. The average molecular weight is 243 g/mol. The van der Waals surface area contributed by atoms with Crippen molar-refractivity contribution < 1.29 is 0 Å². The minimum absolute atomic E-state index is 0.00303. The predicted molar refractivity (Wildman–Crippen MR) is 76.3 cm³/mol. The third kappa shape index (κ3) is 2.52. The molecule has 0 amide bonds. The van der Waals surface area contributed by atoms with Crippen LogP contribution in [0.25, 0.3) is 10.9 Å². The zero-order valence-corrected chi connectivity index (χ0v) is 11.4. The van der Waals surface area contributed by atoms with E-state index in [2.05, 4.69) is 55.0 Å². The van der Waals surface area contributed by atoms with E-state index in [1.807, 2.05) is 12.3 Å². The van der Waals surface area contributed by atoms with Crippen molar-refractivity contribution in [3.63, 3.8) is 0 Å². The van der Waals surface area contributed by atoms with Gasteiger partial charge in [-0.05, 0) is 32.5 Å². The molecule has 1 aromatic carbocycles. The molecule has 3 nitrogen and oxygen atoms in total. The van der Waals surface area contributed by atoms with Gasteiger partial charge in [-0.3, -0.25) is 9.88 Å². The molecule has 2 rings (SSSR count). The number of nitrogens with two attached hydrogens (primary N) is 1. The summed E-state index contributed by atoms with van der Waals surface area (Å²) in [6, 6.07) is 10.4. The molecule has 3 heteroatoms. The highest BCUT2D eigenvalue weighted by atomic mass is 15.2. The fraction of sp³-hybridized carbons (Fsp3) is 0.400. The van der Waals surface area contributed by atoms with Crippen LogP contribution in [-0.2, 0) is 6.54 Å². The molecule has 2 aromatic rings. The minimum atomic E-state index is -0.00303. The van der Waals surface area contributed by atoms with E-state index in [1.54, 1.807) is 0 Å². The molecule has 0 saturated carbocycles. The molecule has 0 radical (unpaired) electrons. The van der Waals surface area contributed by atoms with E-state index >= 15 is 0 Å². The molecule has 18 heavy (non-hydrogen) atoms. The van der Waals surface area contributed by atoms with Crippen LogP contribution in [0, 0.1) is 0 Å². The maximum atomic E-state index is 5.82. The summed E-state index contributed by atoms with van der Waals surface area (Å²) in [5.74, 6) is 0. The van der Waals surface area contributed by atoms with E-state index in [9.17, 15) is 0 Å². The smallest absolute Gasteiger partial charge is 0.0746 e. The van der Waals surface area contributed by atoms with E-state index in [0.29, 0.717) is 6.54 Å². The van der Waals surface area contributed by atoms with Gasteiger partial charge in [0.2, 0.25) is 0 Å². The predicted octanol–water partition coefficient (Wildman–Crippen LogP) is 2.40. The Bertz CT molecular complexity index is 529. The summed E-state index contributed by atoms with van der Waals surface area (Å²) >= 11 is 0. The molecule has 96 valence electrons. The van der Waals surface area contributed by atoms with Gasteiger partial charge in [0.15, 0.2) is 0 Å². The number of rotatable bonds is 4. The maximum Gasteiger partial charge on any atom is 0.0746 e. The topological polar surface area (TPSA) is 42.2 Å². The van der Waals surface area contributed by atoms with Gasteiger partial charge in [0, 0.05) is 30.2 Å². The fourth-order valence-electron chi connectivity index (χ4n) is 1.92. The molecule has 0 aliphatic heterocycles. The summed E-state index contributed by atoms with van der Waals surface area (Å²) in [4.78, 5) is 6.76. The van der Waals surface area contributed by atoms with Crippen molar-refractivity contribution in [2.45, 2.75) is 25.9 Å². The Morgan fingerprint density at radius 2 is 1.94 bits per heavy atom. The van der Waals surface area contributed by atoms with Crippen molar-refractivity contribution >= 4 is 10.9 Å². The van der Waals surface area contributed by atoms with E-state index < -0.39 is 0 Å². The minimum Gasteiger partial charge on any atom is -0.329 e. The number of fused-ring (bicyclic) bond motifs is 1. The Balaban J connectivity index is 2.32. The van der Waals surface area contributed by atoms with Crippen molar-refractivity contribution in [1.29, 1.82) is 0 Å². The Hall–Kier alpha value is -1.45. The number of aromatic nitrogens is 1. The molecule has 0 aliphatic rings. The molecular formula is C15H21N3. The van der Waals surface area contributed by atoms with Gasteiger partial charge in [0.25, 0.3) is 0 Å². The maximum absolute atomic E-state index is 5.82. The van der Waals surface area contributed by atoms with Crippen LogP contribution in [0.2, 0.25) is 0 Å². The van der Waals surface area contributed by atoms with Gasteiger partial charge in [0.1, 0.15) is 0 Å². The van der Waals surface area contributed by atoms with Crippen LogP contribution in [0.15, 0.2) is 36.5 Å². The standard InChI is InChI=1S/C15H21N3/c1-15(2,11-16)18(3)10-13-7-4-6-12-8-5-9-17-14(12)13/h4-9H,10-11,16H2,1-3H3. The Morgan fingerprint density at radius 3 is 2.67 bits per heavy atom. The first-order chi connectivity index (χ1) is 8.54. The molecule has 2 N–H and O–H groups in total. The van der Waals surface area contributed by atoms with Crippen molar-refractivity contribution in [3.05, 3.63) is 42.1 Å². The SMILES string of the molecule is CN(Cc1cccc2cccnc12)C(C)(C)CN. The summed E-state index contributed by atoms with van der Waals surface area (Å²) in [5, 5.41) is 1.19. The highest BCUT2D eigenvalue weighted by Gasteiger charge is 2.22. The second kappa shape index (κ2) is 5.04. The van der Waals surface area contributed by atoms with Crippen LogP contribution in [-0.4, -0.2) is 29.0 Å². The third-order valence-corrected chi connectivity index (χ3v) is 3.66. The number of pyridine rings is 1. The number of para-hydroxylation sites is 1. The molecule has 0 saturated heterocycles. The molecule has 0 unspecified atom stereocenters. The zero-order valence-electron chi connectivity index (χ0n) is 11.4.